The number of pyridine rings is 1. The lowest BCUT2D eigenvalue weighted by molar-refractivity contribution is 0.102. The molecule has 0 saturated carbocycles. The molecule has 2 heterocycles. The third kappa shape index (κ3) is 2.45. The molecule has 7 heteroatoms. The van der Waals surface area contributed by atoms with Gasteiger partial charge < -0.3 is 5.32 Å². The molecule has 5 nitrogen and oxygen atoms in total. The van der Waals surface area contributed by atoms with Crippen LogP contribution >= 0.6 is 23.2 Å². The van der Waals surface area contributed by atoms with Crippen molar-refractivity contribution < 1.29 is 4.79 Å². The first kappa shape index (κ1) is 12.9. The second-order valence-electron chi connectivity index (χ2n) is 4.10. The average molecular weight is 307 g/mol. The van der Waals surface area contributed by atoms with E-state index in [4.69, 9.17) is 23.2 Å². The maximum absolute atomic E-state index is 12.1. The SMILES string of the molecule is O=C(Nc1ccc2nncn2c1)c1ccc(Cl)c(Cl)c1. The number of halogens is 2. The Morgan fingerprint density at radius 1 is 1.15 bits per heavy atom. The molecular formula is C13H8Cl2N4O. The Labute approximate surface area is 124 Å². The number of fused-ring (bicyclic) bond motifs is 1. The first-order chi connectivity index (χ1) is 9.63. The van der Waals surface area contributed by atoms with Crippen LogP contribution in [0.5, 0.6) is 0 Å². The van der Waals surface area contributed by atoms with Crippen molar-refractivity contribution in [2.24, 2.45) is 0 Å². The van der Waals surface area contributed by atoms with Gasteiger partial charge in [0.05, 0.1) is 15.7 Å². The Morgan fingerprint density at radius 2 is 2.00 bits per heavy atom. The van der Waals surface area contributed by atoms with E-state index in [1.54, 1.807) is 41.2 Å². The highest BCUT2D eigenvalue weighted by Crippen LogP contribution is 2.23. The highest BCUT2D eigenvalue weighted by Gasteiger charge is 2.09. The van der Waals surface area contributed by atoms with Crippen molar-refractivity contribution in [3.8, 4) is 0 Å². The Morgan fingerprint density at radius 3 is 2.80 bits per heavy atom. The lowest BCUT2D eigenvalue weighted by atomic mass is 10.2. The highest BCUT2D eigenvalue weighted by atomic mass is 35.5. The summed E-state index contributed by atoms with van der Waals surface area (Å²) >= 11 is 11.7. The quantitative estimate of drug-likeness (QED) is 0.790. The van der Waals surface area contributed by atoms with E-state index >= 15 is 0 Å². The molecule has 0 aliphatic rings. The molecule has 1 N–H and O–H groups in total. The number of nitrogens with one attached hydrogen (secondary N) is 1. The van der Waals surface area contributed by atoms with Gasteiger partial charge in [0.15, 0.2) is 5.65 Å². The number of hydrogen-bond acceptors (Lipinski definition) is 3. The zero-order chi connectivity index (χ0) is 14.1. The third-order valence-corrected chi connectivity index (χ3v) is 3.47. The molecule has 0 spiro atoms. The zero-order valence-corrected chi connectivity index (χ0v) is 11.6. The van der Waals surface area contributed by atoms with Crippen molar-refractivity contribution in [2.45, 2.75) is 0 Å². The number of nitrogens with zero attached hydrogens (tertiary/aromatic N) is 3. The Bertz CT molecular complexity index is 800. The molecule has 20 heavy (non-hydrogen) atoms. The van der Waals surface area contributed by atoms with Crippen LogP contribution in [-0.2, 0) is 0 Å². The number of carbonyl (C=O) groups excluding carboxylic acids is 1. The standard InChI is InChI=1S/C13H8Cl2N4O/c14-10-3-1-8(5-11(10)15)13(20)17-9-2-4-12-18-16-7-19(12)6-9/h1-7H,(H,17,20). The van der Waals surface area contributed by atoms with Gasteiger partial charge >= 0.3 is 0 Å². The monoisotopic (exact) mass is 306 g/mol. The topological polar surface area (TPSA) is 59.3 Å². The van der Waals surface area contributed by atoms with Gasteiger partial charge in [-0.05, 0) is 30.3 Å². The maximum atomic E-state index is 12.1. The molecule has 1 aromatic carbocycles. The fourth-order valence-corrected chi connectivity index (χ4v) is 2.04. The molecule has 0 aliphatic carbocycles. The van der Waals surface area contributed by atoms with Crippen LogP contribution in [0.2, 0.25) is 10.0 Å². The lowest BCUT2D eigenvalue weighted by Crippen LogP contribution is -2.12. The highest BCUT2D eigenvalue weighted by molar-refractivity contribution is 6.42. The molecule has 3 aromatic rings. The number of amides is 1. The van der Waals surface area contributed by atoms with E-state index in [0.29, 0.717) is 26.9 Å². The summed E-state index contributed by atoms with van der Waals surface area (Å²) in [5, 5.41) is 11.2. The van der Waals surface area contributed by atoms with E-state index in [1.165, 1.54) is 6.07 Å². The van der Waals surface area contributed by atoms with Gasteiger partial charge in [0, 0.05) is 11.8 Å². The summed E-state index contributed by atoms with van der Waals surface area (Å²) in [6.45, 7) is 0. The zero-order valence-electron chi connectivity index (χ0n) is 10.0. The molecule has 0 bridgehead atoms. The fourth-order valence-electron chi connectivity index (χ4n) is 1.74. The fraction of sp³-hybridized carbons (Fsp3) is 0. The van der Waals surface area contributed by atoms with Gasteiger partial charge in [0.2, 0.25) is 0 Å². The smallest absolute Gasteiger partial charge is 0.255 e. The molecule has 100 valence electrons. The van der Waals surface area contributed by atoms with Crippen molar-refractivity contribution in [3.63, 3.8) is 0 Å². The number of hydrogen-bond donors (Lipinski definition) is 1. The molecule has 0 unspecified atom stereocenters. The minimum Gasteiger partial charge on any atom is -0.321 e. The van der Waals surface area contributed by atoms with E-state index in [9.17, 15) is 4.79 Å². The maximum Gasteiger partial charge on any atom is 0.255 e. The molecule has 0 atom stereocenters. The van der Waals surface area contributed by atoms with Crippen LogP contribution < -0.4 is 5.32 Å². The van der Waals surface area contributed by atoms with E-state index in [0.717, 1.165) is 0 Å². The van der Waals surface area contributed by atoms with Crippen molar-refractivity contribution in [2.75, 3.05) is 5.32 Å². The molecular weight excluding hydrogens is 299 g/mol. The van der Waals surface area contributed by atoms with Gasteiger partial charge in [0.25, 0.3) is 5.91 Å². The van der Waals surface area contributed by atoms with Crippen LogP contribution in [0.3, 0.4) is 0 Å². The molecule has 0 radical (unpaired) electrons. The summed E-state index contributed by atoms with van der Waals surface area (Å²) in [7, 11) is 0. The third-order valence-electron chi connectivity index (χ3n) is 2.73. The van der Waals surface area contributed by atoms with Crippen LogP contribution in [0.1, 0.15) is 10.4 Å². The minimum absolute atomic E-state index is 0.268. The number of anilines is 1. The average Bonchev–Trinajstić information content (AvgIpc) is 2.89. The van der Waals surface area contributed by atoms with Gasteiger partial charge in [-0.1, -0.05) is 23.2 Å². The van der Waals surface area contributed by atoms with Crippen molar-refractivity contribution >= 4 is 40.4 Å². The Hall–Kier alpha value is -2.11. The normalized spacial score (nSPS) is 10.7. The molecule has 0 saturated heterocycles. The van der Waals surface area contributed by atoms with Gasteiger partial charge in [-0.3, -0.25) is 9.20 Å². The van der Waals surface area contributed by atoms with Crippen LogP contribution in [-0.4, -0.2) is 20.5 Å². The predicted molar refractivity (Wildman–Crippen MR) is 77.4 cm³/mol. The minimum atomic E-state index is -0.268. The summed E-state index contributed by atoms with van der Waals surface area (Å²) in [5.41, 5.74) is 1.77. The molecule has 1 amide bonds. The summed E-state index contributed by atoms with van der Waals surface area (Å²) in [6, 6.07) is 8.23. The van der Waals surface area contributed by atoms with Crippen LogP contribution in [0, 0.1) is 0 Å². The lowest BCUT2D eigenvalue weighted by Gasteiger charge is -2.06. The van der Waals surface area contributed by atoms with E-state index < -0.39 is 0 Å². The second kappa shape index (κ2) is 5.11. The number of benzene rings is 1. The summed E-state index contributed by atoms with van der Waals surface area (Å²) < 4.78 is 1.71. The van der Waals surface area contributed by atoms with Gasteiger partial charge in [-0.2, -0.15) is 0 Å². The number of carbonyl (C=O) groups is 1. The van der Waals surface area contributed by atoms with Gasteiger partial charge in [-0.25, -0.2) is 0 Å². The summed E-state index contributed by atoms with van der Waals surface area (Å²) in [5.74, 6) is -0.268. The van der Waals surface area contributed by atoms with Crippen molar-refractivity contribution in [1.82, 2.24) is 14.6 Å². The van der Waals surface area contributed by atoms with Gasteiger partial charge in [0.1, 0.15) is 6.33 Å². The van der Waals surface area contributed by atoms with Crippen LogP contribution in [0.4, 0.5) is 5.69 Å². The number of aromatic nitrogens is 3. The van der Waals surface area contributed by atoms with Crippen molar-refractivity contribution in [3.05, 3.63) is 58.5 Å². The van der Waals surface area contributed by atoms with E-state index in [2.05, 4.69) is 15.5 Å². The summed E-state index contributed by atoms with van der Waals surface area (Å²) in [4.78, 5) is 12.1. The van der Waals surface area contributed by atoms with E-state index in [1.807, 2.05) is 0 Å². The first-order valence-electron chi connectivity index (χ1n) is 5.69. The van der Waals surface area contributed by atoms with E-state index in [-0.39, 0.29) is 5.91 Å². The summed E-state index contributed by atoms with van der Waals surface area (Å²) in [6.07, 6.45) is 3.29. The molecule has 2 aromatic heterocycles. The largest absolute Gasteiger partial charge is 0.321 e. The Kier molecular flexibility index (Phi) is 3.30. The van der Waals surface area contributed by atoms with Crippen LogP contribution in [0.15, 0.2) is 42.9 Å². The van der Waals surface area contributed by atoms with Crippen LogP contribution in [0.25, 0.3) is 5.65 Å². The molecule has 0 fully saturated rings. The predicted octanol–water partition coefficient (Wildman–Crippen LogP) is 3.29. The molecule has 3 rings (SSSR count). The van der Waals surface area contributed by atoms with Crippen molar-refractivity contribution in [1.29, 1.82) is 0 Å². The Balaban J connectivity index is 1.85. The second-order valence-corrected chi connectivity index (χ2v) is 4.91. The number of rotatable bonds is 2. The molecule has 0 aliphatic heterocycles. The van der Waals surface area contributed by atoms with Gasteiger partial charge in [-0.15, -0.1) is 10.2 Å². The first-order valence-corrected chi connectivity index (χ1v) is 6.45.